The zero-order valence-corrected chi connectivity index (χ0v) is 11.6. The Morgan fingerprint density at radius 3 is 2.89 bits per heavy atom. The van der Waals surface area contributed by atoms with Gasteiger partial charge in [-0.15, -0.1) is 11.8 Å². The van der Waals surface area contributed by atoms with Crippen molar-refractivity contribution >= 4 is 11.8 Å². The summed E-state index contributed by atoms with van der Waals surface area (Å²) in [6, 6.07) is 0. The van der Waals surface area contributed by atoms with Gasteiger partial charge in [-0.25, -0.2) is 4.79 Å². The lowest BCUT2D eigenvalue weighted by Gasteiger charge is -2.22. The molecule has 0 spiro atoms. The Balaban J connectivity index is 2.44. The minimum absolute atomic E-state index is 0.118. The number of nitrogens with zero attached hydrogens (tertiary/aromatic N) is 2. The van der Waals surface area contributed by atoms with Gasteiger partial charge in [0.15, 0.2) is 0 Å². The van der Waals surface area contributed by atoms with Crippen LogP contribution < -0.4 is 5.69 Å². The molecule has 0 saturated heterocycles. The lowest BCUT2D eigenvalue weighted by Crippen LogP contribution is -2.30. The fourth-order valence-electron chi connectivity index (χ4n) is 2.46. The molecule has 2 rings (SSSR count). The number of thioether (sulfide) groups is 1. The number of aliphatic hydroxyl groups excluding tert-OH is 1. The first-order valence-corrected chi connectivity index (χ1v) is 7.62. The lowest BCUT2D eigenvalue weighted by molar-refractivity contribution is 0.277. The van der Waals surface area contributed by atoms with E-state index in [4.69, 9.17) is 5.11 Å². The van der Waals surface area contributed by atoms with Crippen LogP contribution in [-0.4, -0.2) is 27.0 Å². The quantitative estimate of drug-likeness (QED) is 0.651. The van der Waals surface area contributed by atoms with E-state index in [-0.39, 0.29) is 12.3 Å². The van der Waals surface area contributed by atoms with Crippen molar-refractivity contribution in [1.82, 2.24) is 9.55 Å². The van der Waals surface area contributed by atoms with E-state index < -0.39 is 0 Å². The number of aliphatic hydroxyl groups is 1. The van der Waals surface area contributed by atoms with Crippen molar-refractivity contribution < 1.29 is 5.11 Å². The molecule has 100 valence electrons. The van der Waals surface area contributed by atoms with Gasteiger partial charge >= 0.3 is 5.69 Å². The fourth-order valence-corrected chi connectivity index (χ4v) is 3.27. The first-order chi connectivity index (χ1) is 8.77. The molecule has 0 aromatic carbocycles. The van der Waals surface area contributed by atoms with Crippen molar-refractivity contribution in [2.24, 2.45) is 0 Å². The maximum atomic E-state index is 12.0. The Hall–Kier alpha value is -0.810. The van der Waals surface area contributed by atoms with Crippen molar-refractivity contribution in [3.05, 3.63) is 21.7 Å². The molecule has 0 saturated carbocycles. The number of aromatic nitrogens is 2. The van der Waals surface area contributed by atoms with Gasteiger partial charge in [-0.3, -0.25) is 4.57 Å². The van der Waals surface area contributed by atoms with Crippen LogP contribution in [0.25, 0.3) is 0 Å². The van der Waals surface area contributed by atoms with Gasteiger partial charge in [-0.05, 0) is 37.9 Å². The molecule has 1 N–H and O–H groups in total. The van der Waals surface area contributed by atoms with E-state index in [0.717, 1.165) is 35.7 Å². The van der Waals surface area contributed by atoms with Gasteiger partial charge in [0, 0.05) is 24.4 Å². The molecule has 0 bridgehead atoms. The smallest absolute Gasteiger partial charge is 0.348 e. The SMILES string of the molecule is CCSc1nc(=O)n(CCCO)c2c1CCCC2. The summed E-state index contributed by atoms with van der Waals surface area (Å²) < 4.78 is 1.77. The molecule has 1 heterocycles. The second-order valence-corrected chi connectivity index (χ2v) is 5.75. The first kappa shape index (κ1) is 13.6. The summed E-state index contributed by atoms with van der Waals surface area (Å²) in [6.07, 6.45) is 4.95. The van der Waals surface area contributed by atoms with Gasteiger partial charge in [0.05, 0.1) is 0 Å². The van der Waals surface area contributed by atoms with Crippen LogP contribution in [0.1, 0.15) is 37.4 Å². The number of fused-ring (bicyclic) bond motifs is 1. The third-order valence-electron chi connectivity index (χ3n) is 3.27. The van der Waals surface area contributed by atoms with Gasteiger partial charge in [-0.1, -0.05) is 6.92 Å². The third kappa shape index (κ3) is 2.78. The van der Waals surface area contributed by atoms with Crippen molar-refractivity contribution in [2.75, 3.05) is 12.4 Å². The fraction of sp³-hybridized carbons (Fsp3) is 0.692. The first-order valence-electron chi connectivity index (χ1n) is 6.64. The van der Waals surface area contributed by atoms with E-state index in [2.05, 4.69) is 11.9 Å². The van der Waals surface area contributed by atoms with Gasteiger partial charge in [0.2, 0.25) is 0 Å². The standard InChI is InChI=1S/C13H20N2O2S/c1-2-18-12-10-6-3-4-7-11(10)15(8-5-9-16)13(17)14-12/h16H,2-9H2,1H3. The van der Waals surface area contributed by atoms with Crippen molar-refractivity contribution in [2.45, 2.75) is 50.6 Å². The highest BCUT2D eigenvalue weighted by Gasteiger charge is 2.19. The molecule has 1 aliphatic rings. The molecule has 0 fully saturated rings. The van der Waals surface area contributed by atoms with Crippen LogP contribution in [0.4, 0.5) is 0 Å². The Morgan fingerprint density at radius 2 is 2.17 bits per heavy atom. The summed E-state index contributed by atoms with van der Waals surface area (Å²) in [5.74, 6) is 0.944. The summed E-state index contributed by atoms with van der Waals surface area (Å²) in [6.45, 7) is 2.78. The number of hydrogen-bond acceptors (Lipinski definition) is 4. The minimum Gasteiger partial charge on any atom is -0.396 e. The molecular weight excluding hydrogens is 248 g/mol. The summed E-state index contributed by atoms with van der Waals surface area (Å²) in [7, 11) is 0. The normalized spacial score (nSPS) is 14.6. The lowest BCUT2D eigenvalue weighted by atomic mass is 9.97. The van der Waals surface area contributed by atoms with E-state index in [1.54, 1.807) is 16.3 Å². The molecule has 4 nitrogen and oxygen atoms in total. The maximum Gasteiger partial charge on any atom is 0.348 e. The van der Waals surface area contributed by atoms with Crippen molar-refractivity contribution in [3.63, 3.8) is 0 Å². The zero-order chi connectivity index (χ0) is 13.0. The van der Waals surface area contributed by atoms with Gasteiger partial charge < -0.3 is 5.11 Å². The topological polar surface area (TPSA) is 55.1 Å². The number of hydrogen-bond donors (Lipinski definition) is 1. The summed E-state index contributed by atoms with van der Waals surface area (Å²) in [4.78, 5) is 16.3. The Morgan fingerprint density at radius 1 is 1.39 bits per heavy atom. The van der Waals surface area contributed by atoms with Crippen LogP contribution in [0, 0.1) is 0 Å². The molecule has 1 aliphatic carbocycles. The van der Waals surface area contributed by atoms with E-state index in [9.17, 15) is 4.79 Å². The zero-order valence-electron chi connectivity index (χ0n) is 10.8. The Bertz CT molecular complexity index is 471. The van der Waals surface area contributed by atoms with E-state index >= 15 is 0 Å². The largest absolute Gasteiger partial charge is 0.396 e. The third-order valence-corrected chi connectivity index (χ3v) is 4.17. The minimum atomic E-state index is -0.153. The second-order valence-electron chi connectivity index (χ2n) is 4.49. The van der Waals surface area contributed by atoms with Gasteiger partial charge in [-0.2, -0.15) is 4.98 Å². The highest BCUT2D eigenvalue weighted by molar-refractivity contribution is 7.99. The van der Waals surface area contributed by atoms with Crippen molar-refractivity contribution in [3.8, 4) is 0 Å². The summed E-state index contributed by atoms with van der Waals surface area (Å²) in [5.41, 5.74) is 2.27. The van der Waals surface area contributed by atoms with E-state index in [1.807, 2.05) is 0 Å². The van der Waals surface area contributed by atoms with Crippen LogP contribution >= 0.6 is 11.8 Å². The maximum absolute atomic E-state index is 12.0. The molecule has 18 heavy (non-hydrogen) atoms. The highest BCUT2D eigenvalue weighted by Crippen LogP contribution is 2.28. The molecule has 0 atom stereocenters. The van der Waals surface area contributed by atoms with Crippen LogP contribution in [0.5, 0.6) is 0 Å². The van der Waals surface area contributed by atoms with Gasteiger partial charge in [0.1, 0.15) is 5.03 Å². The average Bonchev–Trinajstić information content (AvgIpc) is 2.39. The molecule has 1 aromatic rings. The molecule has 0 unspecified atom stereocenters. The monoisotopic (exact) mass is 268 g/mol. The predicted octanol–water partition coefficient (Wildman–Crippen LogP) is 1.62. The summed E-state index contributed by atoms with van der Waals surface area (Å²) in [5, 5.41) is 9.85. The van der Waals surface area contributed by atoms with Gasteiger partial charge in [0.25, 0.3) is 0 Å². The summed E-state index contributed by atoms with van der Waals surface area (Å²) >= 11 is 1.66. The van der Waals surface area contributed by atoms with E-state index in [1.165, 1.54) is 12.0 Å². The van der Waals surface area contributed by atoms with Crippen molar-refractivity contribution in [1.29, 1.82) is 0 Å². The molecular formula is C13H20N2O2S. The van der Waals surface area contributed by atoms with Crippen LogP contribution in [0.3, 0.4) is 0 Å². The molecule has 0 aliphatic heterocycles. The van der Waals surface area contributed by atoms with Crippen LogP contribution in [-0.2, 0) is 19.4 Å². The Labute approximate surface area is 111 Å². The van der Waals surface area contributed by atoms with Crippen LogP contribution in [0.2, 0.25) is 0 Å². The van der Waals surface area contributed by atoms with Crippen LogP contribution in [0.15, 0.2) is 9.82 Å². The average molecular weight is 268 g/mol. The van der Waals surface area contributed by atoms with E-state index in [0.29, 0.717) is 13.0 Å². The molecule has 5 heteroatoms. The molecule has 0 amide bonds. The number of rotatable bonds is 5. The Kier molecular flexibility index (Phi) is 4.83. The predicted molar refractivity (Wildman–Crippen MR) is 73.2 cm³/mol. The molecule has 0 radical (unpaired) electrons. The molecule has 1 aromatic heterocycles. The highest BCUT2D eigenvalue weighted by atomic mass is 32.2. The second kappa shape index (κ2) is 6.38.